The molecule has 0 spiro atoms. The number of aliphatic carboxylic acids is 1. The van der Waals surface area contributed by atoms with Gasteiger partial charge in [-0.05, 0) is 12.8 Å². The number of carbonyl (C=O) groups is 1. The Hall–Kier alpha value is -0.0365. The average molecular weight is 217 g/mol. The summed E-state index contributed by atoms with van der Waals surface area (Å²) >= 11 is 0. The van der Waals surface area contributed by atoms with Crippen LogP contribution in [0.15, 0.2) is 0 Å². The first kappa shape index (κ1) is 14.5. The third-order valence-corrected chi connectivity index (χ3v) is 1.89. The van der Waals surface area contributed by atoms with Gasteiger partial charge >= 0.3 is 5.97 Å². The largest absolute Gasteiger partial charge is 0.481 e. The fourth-order valence-electron chi connectivity index (χ4n) is 1.19. The minimum absolute atomic E-state index is 0. The van der Waals surface area contributed by atoms with Gasteiger partial charge in [0, 0.05) is 16.5 Å². The van der Waals surface area contributed by atoms with Gasteiger partial charge in [-0.15, -0.1) is 0 Å². The molecule has 76 valence electrons. The van der Waals surface area contributed by atoms with E-state index < -0.39 is 5.97 Å². The molecular formula is C9H18NiO2. The van der Waals surface area contributed by atoms with Crippen molar-refractivity contribution in [3.8, 4) is 0 Å². The molecule has 0 radical (unpaired) electrons. The summed E-state index contributed by atoms with van der Waals surface area (Å²) in [4.78, 5) is 10.6. The molecule has 0 aliphatic carbocycles. The SMILES string of the molecule is CCCCC(CCC)C(=O)O.[Ni]. The van der Waals surface area contributed by atoms with Crippen LogP contribution in [0, 0.1) is 5.92 Å². The van der Waals surface area contributed by atoms with Gasteiger partial charge < -0.3 is 5.11 Å². The average Bonchev–Trinajstić information content (AvgIpc) is 1.97. The van der Waals surface area contributed by atoms with E-state index in [-0.39, 0.29) is 22.4 Å². The Morgan fingerprint density at radius 3 is 2.17 bits per heavy atom. The zero-order chi connectivity index (χ0) is 8.69. The Morgan fingerprint density at radius 2 is 1.83 bits per heavy atom. The molecule has 0 amide bonds. The van der Waals surface area contributed by atoms with Crippen molar-refractivity contribution in [2.75, 3.05) is 0 Å². The van der Waals surface area contributed by atoms with Crippen LogP contribution in [0.1, 0.15) is 46.0 Å². The van der Waals surface area contributed by atoms with Crippen molar-refractivity contribution < 1.29 is 26.4 Å². The van der Waals surface area contributed by atoms with Crippen LogP contribution in [0.3, 0.4) is 0 Å². The van der Waals surface area contributed by atoms with Crippen molar-refractivity contribution in [2.24, 2.45) is 5.92 Å². The fourth-order valence-corrected chi connectivity index (χ4v) is 1.19. The molecule has 0 aliphatic heterocycles. The molecule has 3 heteroatoms. The van der Waals surface area contributed by atoms with Gasteiger partial charge in [-0.1, -0.05) is 33.1 Å². The monoisotopic (exact) mass is 216 g/mol. The first-order valence-corrected chi connectivity index (χ1v) is 4.45. The van der Waals surface area contributed by atoms with E-state index in [2.05, 4.69) is 6.92 Å². The predicted molar refractivity (Wildman–Crippen MR) is 45.6 cm³/mol. The molecule has 0 fully saturated rings. The topological polar surface area (TPSA) is 37.3 Å². The molecule has 0 aliphatic rings. The van der Waals surface area contributed by atoms with E-state index in [9.17, 15) is 4.79 Å². The number of rotatable bonds is 6. The van der Waals surface area contributed by atoms with Crippen molar-refractivity contribution in [3.63, 3.8) is 0 Å². The molecule has 12 heavy (non-hydrogen) atoms. The Balaban J connectivity index is 0. The van der Waals surface area contributed by atoms with Crippen molar-refractivity contribution in [3.05, 3.63) is 0 Å². The first-order valence-electron chi connectivity index (χ1n) is 4.45. The quantitative estimate of drug-likeness (QED) is 0.694. The molecule has 0 aromatic heterocycles. The molecule has 2 nitrogen and oxygen atoms in total. The van der Waals surface area contributed by atoms with Crippen LogP contribution in [0.4, 0.5) is 0 Å². The minimum Gasteiger partial charge on any atom is -0.481 e. The Labute approximate surface area is 84.7 Å². The molecule has 0 saturated carbocycles. The summed E-state index contributed by atoms with van der Waals surface area (Å²) in [5.41, 5.74) is 0. The third-order valence-electron chi connectivity index (χ3n) is 1.89. The summed E-state index contributed by atoms with van der Waals surface area (Å²) in [6.07, 6.45) is 4.78. The fraction of sp³-hybridized carbons (Fsp3) is 0.889. The molecule has 0 saturated heterocycles. The van der Waals surface area contributed by atoms with E-state index in [0.29, 0.717) is 0 Å². The van der Waals surface area contributed by atoms with Gasteiger partial charge in [-0.25, -0.2) is 0 Å². The van der Waals surface area contributed by atoms with E-state index in [1.807, 2.05) is 6.92 Å². The second kappa shape index (κ2) is 9.05. The van der Waals surface area contributed by atoms with Crippen LogP contribution in [-0.4, -0.2) is 11.1 Å². The number of hydrogen-bond donors (Lipinski definition) is 1. The molecule has 1 atom stereocenters. The second-order valence-corrected chi connectivity index (χ2v) is 2.97. The van der Waals surface area contributed by atoms with Crippen LogP contribution >= 0.6 is 0 Å². The van der Waals surface area contributed by atoms with Gasteiger partial charge in [0.1, 0.15) is 0 Å². The molecule has 0 heterocycles. The van der Waals surface area contributed by atoms with E-state index in [1.54, 1.807) is 0 Å². The third kappa shape index (κ3) is 6.66. The Kier molecular flexibility index (Phi) is 10.9. The van der Waals surface area contributed by atoms with Crippen LogP contribution in [0.5, 0.6) is 0 Å². The summed E-state index contributed by atoms with van der Waals surface area (Å²) in [7, 11) is 0. The molecule has 0 aromatic carbocycles. The normalized spacial score (nSPS) is 11.8. The summed E-state index contributed by atoms with van der Waals surface area (Å²) in [6, 6.07) is 0. The van der Waals surface area contributed by atoms with Gasteiger partial charge in [0.05, 0.1) is 5.92 Å². The van der Waals surface area contributed by atoms with Crippen molar-refractivity contribution in [1.29, 1.82) is 0 Å². The standard InChI is InChI=1S/C9H18O2.Ni/c1-3-5-7-8(6-4-2)9(10)11;/h8H,3-7H2,1-2H3,(H,10,11);. The van der Waals surface area contributed by atoms with Gasteiger partial charge in [0.25, 0.3) is 0 Å². The first-order chi connectivity index (χ1) is 5.22. The van der Waals surface area contributed by atoms with Crippen LogP contribution in [-0.2, 0) is 21.3 Å². The summed E-state index contributed by atoms with van der Waals surface area (Å²) < 4.78 is 0. The van der Waals surface area contributed by atoms with Crippen molar-refractivity contribution >= 4 is 5.97 Å². The predicted octanol–water partition coefficient (Wildman–Crippen LogP) is 2.68. The zero-order valence-corrected chi connectivity index (χ0v) is 8.77. The van der Waals surface area contributed by atoms with Gasteiger partial charge in [-0.3, -0.25) is 4.79 Å². The number of carboxylic acid groups (broad SMARTS) is 1. The number of unbranched alkanes of at least 4 members (excludes halogenated alkanes) is 1. The number of hydrogen-bond acceptors (Lipinski definition) is 1. The van der Waals surface area contributed by atoms with Gasteiger partial charge in [0.15, 0.2) is 0 Å². The van der Waals surface area contributed by atoms with Gasteiger partial charge in [-0.2, -0.15) is 0 Å². The molecule has 1 N–H and O–H groups in total. The minimum atomic E-state index is -0.625. The number of carboxylic acids is 1. The van der Waals surface area contributed by atoms with Gasteiger partial charge in [0.2, 0.25) is 0 Å². The maximum Gasteiger partial charge on any atom is 0.306 e. The molecule has 0 aromatic rings. The van der Waals surface area contributed by atoms with Crippen LogP contribution in [0.25, 0.3) is 0 Å². The van der Waals surface area contributed by atoms with Crippen LogP contribution < -0.4 is 0 Å². The van der Waals surface area contributed by atoms with Crippen molar-refractivity contribution in [2.45, 2.75) is 46.0 Å². The Morgan fingerprint density at radius 1 is 1.25 bits per heavy atom. The maximum absolute atomic E-state index is 10.6. The molecule has 0 rings (SSSR count). The van der Waals surface area contributed by atoms with E-state index >= 15 is 0 Å². The summed E-state index contributed by atoms with van der Waals surface area (Å²) in [6.45, 7) is 4.12. The molecule has 0 bridgehead atoms. The van der Waals surface area contributed by atoms with E-state index in [0.717, 1.165) is 32.1 Å². The molecular weight excluding hydrogens is 199 g/mol. The summed E-state index contributed by atoms with van der Waals surface area (Å²) in [5.74, 6) is -0.722. The molecule has 1 unspecified atom stereocenters. The van der Waals surface area contributed by atoms with E-state index in [4.69, 9.17) is 5.11 Å². The smallest absolute Gasteiger partial charge is 0.306 e. The van der Waals surface area contributed by atoms with E-state index in [1.165, 1.54) is 0 Å². The van der Waals surface area contributed by atoms with Crippen LogP contribution in [0.2, 0.25) is 0 Å². The Bertz CT molecular complexity index is 115. The summed E-state index contributed by atoms with van der Waals surface area (Å²) in [5, 5.41) is 8.73. The zero-order valence-electron chi connectivity index (χ0n) is 7.78. The maximum atomic E-state index is 10.6. The van der Waals surface area contributed by atoms with Crippen molar-refractivity contribution in [1.82, 2.24) is 0 Å². The second-order valence-electron chi connectivity index (χ2n) is 2.97.